The minimum absolute atomic E-state index is 0.00603. The fourth-order valence-electron chi connectivity index (χ4n) is 4.70. The number of hydrazone groups is 1. The molecular weight excluding hydrogens is 703 g/mol. The van der Waals surface area contributed by atoms with Crippen LogP contribution in [0.15, 0.2) is 94.4 Å². The van der Waals surface area contributed by atoms with Crippen molar-refractivity contribution in [2.45, 2.75) is 34.0 Å². The first-order valence-corrected chi connectivity index (χ1v) is 15.4. The highest BCUT2D eigenvalue weighted by Gasteiger charge is 2.15. The summed E-state index contributed by atoms with van der Waals surface area (Å²) in [5, 5.41) is 15.2. The molecule has 0 aliphatic rings. The molecule has 0 bridgehead atoms. The summed E-state index contributed by atoms with van der Waals surface area (Å²) >= 11 is 2.12. The molecule has 1 N–H and O–H groups in total. The number of furan rings is 1. The first-order valence-electron chi connectivity index (χ1n) is 14.3. The molecule has 11 nitrogen and oxygen atoms in total. The molecule has 2 aromatic heterocycles. The number of nitro benzene ring substituents is 1. The lowest BCUT2D eigenvalue weighted by atomic mass is 10.2. The van der Waals surface area contributed by atoms with Gasteiger partial charge in [-0.15, -0.1) is 0 Å². The molecule has 0 fully saturated rings. The van der Waals surface area contributed by atoms with E-state index < -0.39 is 10.8 Å². The van der Waals surface area contributed by atoms with E-state index >= 15 is 0 Å². The summed E-state index contributed by atoms with van der Waals surface area (Å²) < 4.78 is 26.2. The van der Waals surface area contributed by atoms with Crippen molar-refractivity contribution < 1.29 is 28.3 Å². The largest absolute Gasteiger partial charge is 0.490 e. The molecule has 0 saturated heterocycles. The topological polar surface area (TPSA) is 130 Å². The summed E-state index contributed by atoms with van der Waals surface area (Å²) in [6.45, 7) is 6.65. The van der Waals surface area contributed by atoms with E-state index in [1.165, 1.54) is 18.3 Å². The number of aryl methyl sites for hydroxylation is 2. The van der Waals surface area contributed by atoms with E-state index in [1.54, 1.807) is 30.3 Å². The number of nitrogens with zero attached hydrogens (tertiary/aromatic N) is 3. The molecule has 0 atom stereocenters. The average Bonchev–Trinajstić information content (AvgIpc) is 3.66. The van der Waals surface area contributed by atoms with Crippen LogP contribution in [-0.2, 0) is 13.2 Å². The van der Waals surface area contributed by atoms with Crippen molar-refractivity contribution >= 4 is 40.4 Å². The first-order chi connectivity index (χ1) is 22.2. The molecule has 3 aromatic carbocycles. The Balaban J connectivity index is 1.16. The molecule has 236 valence electrons. The Morgan fingerprint density at radius 1 is 0.978 bits per heavy atom. The Bertz CT molecular complexity index is 1860. The van der Waals surface area contributed by atoms with Crippen LogP contribution in [0.4, 0.5) is 5.69 Å². The van der Waals surface area contributed by atoms with E-state index in [9.17, 15) is 14.9 Å². The Kier molecular flexibility index (Phi) is 10.4. The average molecular weight is 735 g/mol. The minimum atomic E-state index is -0.513. The molecule has 5 aromatic rings. The van der Waals surface area contributed by atoms with Gasteiger partial charge >= 0.3 is 5.91 Å². The monoisotopic (exact) mass is 734 g/mol. The first kappa shape index (κ1) is 32.3. The molecule has 0 unspecified atom stereocenters. The van der Waals surface area contributed by atoms with Gasteiger partial charge in [0.05, 0.1) is 21.3 Å². The Hall–Kier alpha value is -5.11. The van der Waals surface area contributed by atoms with Gasteiger partial charge in [-0.05, 0) is 115 Å². The van der Waals surface area contributed by atoms with Gasteiger partial charge in [0.25, 0.3) is 5.69 Å². The van der Waals surface area contributed by atoms with Crippen LogP contribution in [-0.4, -0.2) is 28.2 Å². The smallest absolute Gasteiger partial charge is 0.307 e. The summed E-state index contributed by atoms with van der Waals surface area (Å²) in [5.41, 5.74) is 7.15. The predicted molar refractivity (Wildman–Crippen MR) is 181 cm³/mol. The minimum Gasteiger partial charge on any atom is -0.490 e. The number of rotatable bonds is 13. The van der Waals surface area contributed by atoms with E-state index in [4.69, 9.17) is 18.6 Å². The van der Waals surface area contributed by atoms with Crippen LogP contribution in [0.1, 0.15) is 45.8 Å². The number of amides is 1. The van der Waals surface area contributed by atoms with Gasteiger partial charge in [0.1, 0.15) is 24.7 Å². The third-order valence-corrected chi connectivity index (χ3v) is 7.65. The number of halogens is 1. The maximum atomic E-state index is 12.7. The molecule has 12 heteroatoms. The Morgan fingerprint density at radius 2 is 1.74 bits per heavy atom. The van der Waals surface area contributed by atoms with Gasteiger partial charge in [-0.25, -0.2) is 5.43 Å². The number of hydrogen-bond donors (Lipinski definition) is 1. The molecule has 5 rings (SSSR count). The van der Waals surface area contributed by atoms with E-state index in [0.29, 0.717) is 40.7 Å². The highest BCUT2D eigenvalue weighted by Crippen LogP contribution is 2.35. The molecule has 0 saturated carbocycles. The van der Waals surface area contributed by atoms with Gasteiger partial charge in [-0.1, -0.05) is 12.1 Å². The number of benzene rings is 3. The standard InChI is InChI=1S/C34H31IN4O7/c1-4-43-32-18-25(17-30(35)33(32)45-20-24-6-5-7-27(16-24)39(41)42)19-36-37-34(40)31-15-14-29(46-31)21-44-28-12-10-26(11-13-28)38-22(2)8-9-23(38)3/h5-19H,4,20-21H2,1-3H3,(H,37,40)/b36-19+. The number of nitro groups is 1. The number of hydrogen-bond acceptors (Lipinski definition) is 8. The van der Waals surface area contributed by atoms with E-state index in [-0.39, 0.29) is 24.7 Å². The highest BCUT2D eigenvalue weighted by atomic mass is 127. The van der Waals surface area contributed by atoms with Gasteiger partial charge in [-0.2, -0.15) is 5.10 Å². The van der Waals surface area contributed by atoms with Crippen LogP contribution in [0.2, 0.25) is 0 Å². The molecule has 1 amide bonds. The van der Waals surface area contributed by atoms with Crippen LogP contribution >= 0.6 is 22.6 Å². The number of aromatic nitrogens is 1. The SMILES string of the molecule is CCOc1cc(/C=N/NC(=O)c2ccc(COc3ccc(-n4c(C)ccc4C)cc3)o2)cc(I)c1OCc1cccc([N+](=O)[O-])c1. The predicted octanol–water partition coefficient (Wildman–Crippen LogP) is 7.52. The van der Waals surface area contributed by atoms with Crippen molar-refractivity contribution in [2.24, 2.45) is 5.10 Å². The quantitative estimate of drug-likeness (QED) is 0.0573. The highest BCUT2D eigenvalue weighted by molar-refractivity contribution is 14.1. The van der Waals surface area contributed by atoms with Crippen LogP contribution < -0.4 is 19.6 Å². The molecule has 0 aliphatic heterocycles. The van der Waals surface area contributed by atoms with Gasteiger partial charge in [-0.3, -0.25) is 14.9 Å². The lowest BCUT2D eigenvalue weighted by Gasteiger charge is -2.14. The van der Waals surface area contributed by atoms with Crippen molar-refractivity contribution in [3.05, 3.63) is 133 Å². The summed E-state index contributed by atoms with van der Waals surface area (Å²) in [7, 11) is 0. The zero-order valence-corrected chi connectivity index (χ0v) is 27.5. The van der Waals surface area contributed by atoms with E-state index in [0.717, 1.165) is 20.6 Å². The van der Waals surface area contributed by atoms with Crippen LogP contribution in [0.3, 0.4) is 0 Å². The van der Waals surface area contributed by atoms with Crippen LogP contribution in [0.5, 0.6) is 17.2 Å². The number of non-ortho nitro benzene ring substituents is 1. The fourth-order valence-corrected chi connectivity index (χ4v) is 5.48. The maximum Gasteiger partial charge on any atom is 0.307 e. The fraction of sp³-hybridized carbons (Fsp3) is 0.176. The number of nitrogens with one attached hydrogen (secondary N) is 1. The lowest BCUT2D eigenvalue weighted by molar-refractivity contribution is -0.384. The van der Waals surface area contributed by atoms with Gasteiger partial charge < -0.3 is 23.2 Å². The molecule has 0 spiro atoms. The third-order valence-electron chi connectivity index (χ3n) is 6.85. The molecule has 2 heterocycles. The van der Waals surface area contributed by atoms with Crippen molar-refractivity contribution in [2.75, 3.05) is 6.61 Å². The molecular formula is C34H31IN4O7. The molecule has 0 radical (unpaired) electrons. The van der Waals surface area contributed by atoms with Crippen molar-refractivity contribution in [3.63, 3.8) is 0 Å². The second-order valence-corrected chi connectivity index (χ2v) is 11.3. The Labute approximate surface area is 279 Å². The zero-order valence-electron chi connectivity index (χ0n) is 25.4. The van der Waals surface area contributed by atoms with Crippen molar-refractivity contribution in [1.29, 1.82) is 0 Å². The third kappa shape index (κ3) is 7.93. The second kappa shape index (κ2) is 14.8. The van der Waals surface area contributed by atoms with Gasteiger partial charge in [0, 0.05) is 29.2 Å². The number of carbonyl (C=O) groups excluding carboxylic acids is 1. The van der Waals surface area contributed by atoms with E-state index in [1.807, 2.05) is 37.3 Å². The molecule has 46 heavy (non-hydrogen) atoms. The second-order valence-electron chi connectivity index (χ2n) is 10.2. The normalized spacial score (nSPS) is 11.0. The van der Waals surface area contributed by atoms with Crippen LogP contribution in [0, 0.1) is 27.5 Å². The zero-order chi connectivity index (χ0) is 32.6. The Morgan fingerprint density at radius 3 is 2.46 bits per heavy atom. The van der Waals surface area contributed by atoms with Crippen molar-refractivity contribution in [1.82, 2.24) is 9.99 Å². The summed E-state index contributed by atoms with van der Waals surface area (Å²) in [4.78, 5) is 23.3. The summed E-state index contributed by atoms with van der Waals surface area (Å²) in [6, 6.07) is 25.0. The molecule has 0 aliphatic carbocycles. The summed E-state index contributed by atoms with van der Waals surface area (Å²) in [5.74, 6) is 1.74. The van der Waals surface area contributed by atoms with Crippen LogP contribution in [0.25, 0.3) is 5.69 Å². The van der Waals surface area contributed by atoms with E-state index in [2.05, 4.69) is 63.7 Å². The van der Waals surface area contributed by atoms with Crippen molar-refractivity contribution in [3.8, 4) is 22.9 Å². The number of carbonyl (C=O) groups is 1. The van der Waals surface area contributed by atoms with Gasteiger partial charge in [0.15, 0.2) is 17.3 Å². The maximum absolute atomic E-state index is 12.7. The van der Waals surface area contributed by atoms with Gasteiger partial charge in [0.2, 0.25) is 0 Å². The summed E-state index contributed by atoms with van der Waals surface area (Å²) in [6.07, 6.45) is 1.49. The number of ether oxygens (including phenoxy) is 3. The lowest BCUT2D eigenvalue weighted by Crippen LogP contribution is -2.16.